The van der Waals surface area contributed by atoms with E-state index in [4.69, 9.17) is 23.7 Å². The molecule has 0 aliphatic carbocycles. The fourth-order valence-electron chi connectivity index (χ4n) is 3.86. The second kappa shape index (κ2) is 18.9. The predicted molar refractivity (Wildman–Crippen MR) is 172 cm³/mol. The molecule has 0 heterocycles. The van der Waals surface area contributed by atoms with E-state index in [0.717, 1.165) is 11.1 Å². The number of hydrogen-bond acceptors (Lipinski definition) is 12. The summed E-state index contributed by atoms with van der Waals surface area (Å²) < 4.78 is 35.8. The molecule has 0 saturated carbocycles. The first-order valence-corrected chi connectivity index (χ1v) is 14.7. The molecule has 0 saturated heterocycles. The average Bonchev–Trinajstić information content (AvgIpc) is 3.10. The van der Waals surface area contributed by atoms with Crippen molar-refractivity contribution in [2.24, 2.45) is 0 Å². The monoisotopic (exact) mass is 660 g/mol. The highest BCUT2D eigenvalue weighted by atomic mass is 16.6. The summed E-state index contributed by atoms with van der Waals surface area (Å²) in [5.74, 6) is -1.58. The van der Waals surface area contributed by atoms with Gasteiger partial charge in [0.15, 0.2) is 0 Å². The molecule has 0 aliphatic heterocycles. The van der Waals surface area contributed by atoms with Gasteiger partial charge in [0.25, 0.3) is 0 Å². The number of methoxy groups -OCH3 is 2. The lowest BCUT2D eigenvalue weighted by molar-refractivity contribution is -0.144. The Kier molecular flexibility index (Phi) is 14.4. The van der Waals surface area contributed by atoms with Gasteiger partial charge < -0.3 is 33.2 Å². The van der Waals surface area contributed by atoms with Crippen LogP contribution in [0.25, 0.3) is 11.1 Å². The zero-order valence-electron chi connectivity index (χ0n) is 26.7. The molecule has 0 radical (unpaired) electrons. The quantitative estimate of drug-likeness (QED) is 0.0591. The van der Waals surface area contributed by atoms with E-state index in [2.05, 4.69) is 22.6 Å². The predicted octanol–water partition coefficient (Wildman–Crippen LogP) is 5.05. The third kappa shape index (κ3) is 12.1. The van der Waals surface area contributed by atoms with E-state index in [9.17, 15) is 24.0 Å². The van der Waals surface area contributed by atoms with E-state index in [1.165, 1.54) is 14.2 Å². The third-order valence-corrected chi connectivity index (χ3v) is 6.47. The van der Waals surface area contributed by atoms with Crippen LogP contribution in [0, 0.1) is 0 Å². The fourth-order valence-corrected chi connectivity index (χ4v) is 3.86. The molecule has 3 rings (SSSR count). The van der Waals surface area contributed by atoms with Gasteiger partial charge in [-0.3, -0.25) is 9.59 Å². The maximum atomic E-state index is 12.7. The molecule has 0 fully saturated rings. The van der Waals surface area contributed by atoms with Crippen LogP contribution in [0.5, 0.6) is 17.2 Å². The van der Waals surface area contributed by atoms with Crippen molar-refractivity contribution < 1.29 is 57.1 Å². The summed E-state index contributed by atoms with van der Waals surface area (Å²) in [6.07, 6.45) is -0.0538. The molecule has 0 aromatic heterocycles. The summed E-state index contributed by atoms with van der Waals surface area (Å²) in [6.45, 7) is 7.48. The van der Waals surface area contributed by atoms with E-state index in [-0.39, 0.29) is 50.4 Å². The molecule has 252 valence electrons. The second-order valence-electron chi connectivity index (χ2n) is 10.00. The van der Waals surface area contributed by atoms with Crippen molar-refractivity contribution in [1.82, 2.24) is 0 Å². The normalized spacial score (nSPS) is 10.2. The summed E-state index contributed by atoms with van der Waals surface area (Å²) in [6, 6.07) is 20.7. The van der Waals surface area contributed by atoms with Gasteiger partial charge in [0, 0.05) is 17.6 Å². The zero-order chi connectivity index (χ0) is 34.9. The Balaban J connectivity index is 1.38. The molecular weight excluding hydrogens is 624 g/mol. The van der Waals surface area contributed by atoms with Gasteiger partial charge in [0.2, 0.25) is 0 Å². The number of ether oxygens (including phenoxy) is 7. The van der Waals surface area contributed by atoms with Crippen molar-refractivity contribution in [1.29, 1.82) is 0 Å². The number of esters is 5. The van der Waals surface area contributed by atoms with Gasteiger partial charge in [0.1, 0.15) is 30.5 Å². The Hall–Kier alpha value is -5.91. The first-order chi connectivity index (χ1) is 23.1. The van der Waals surface area contributed by atoms with Crippen molar-refractivity contribution in [3.8, 4) is 28.4 Å². The molecule has 0 bridgehead atoms. The van der Waals surface area contributed by atoms with Gasteiger partial charge in [-0.05, 0) is 59.7 Å². The highest BCUT2D eigenvalue weighted by molar-refractivity contribution is 5.94. The fraction of sp³-hybridized carbons (Fsp3) is 0.250. The van der Waals surface area contributed by atoms with E-state index in [0.29, 0.717) is 29.2 Å². The number of rotatable bonds is 18. The van der Waals surface area contributed by atoms with Crippen molar-refractivity contribution in [2.45, 2.75) is 19.3 Å². The SMILES string of the molecule is C=C(CC(=O)OC)C(=O)OCCCOc1ccc(OC(=O)c2ccc(-c3ccc(OCCOC(=O)C(=C)CC(=O)OC)cc3)cc2)cc1. The number of carbonyl (C=O) groups is 5. The van der Waals surface area contributed by atoms with Gasteiger partial charge in [-0.25, -0.2) is 14.4 Å². The number of hydrogen-bond donors (Lipinski definition) is 0. The standard InChI is InChI=1S/C36H36O12/c1-24(22-32(37)42-3)34(39)46-19-5-18-44-30-14-16-31(17-15-30)48-36(41)28-8-6-26(7-9-28)27-10-12-29(13-11-27)45-20-21-47-35(40)25(2)23-33(38)43-4/h6-17H,1-2,5,18-23H2,3-4H3. The van der Waals surface area contributed by atoms with Crippen molar-refractivity contribution in [2.75, 3.05) is 40.6 Å². The lowest BCUT2D eigenvalue weighted by Gasteiger charge is -2.10. The van der Waals surface area contributed by atoms with E-state index >= 15 is 0 Å². The molecular formula is C36H36O12. The van der Waals surface area contributed by atoms with Crippen molar-refractivity contribution in [3.05, 3.63) is 103 Å². The van der Waals surface area contributed by atoms with Crippen LogP contribution in [-0.2, 0) is 38.1 Å². The lowest BCUT2D eigenvalue weighted by Crippen LogP contribution is -2.15. The van der Waals surface area contributed by atoms with Crippen LogP contribution in [0.15, 0.2) is 97.1 Å². The molecule has 0 aliphatic rings. The first-order valence-electron chi connectivity index (χ1n) is 14.7. The topological polar surface area (TPSA) is 150 Å². The van der Waals surface area contributed by atoms with E-state index in [1.54, 1.807) is 60.7 Å². The van der Waals surface area contributed by atoms with Crippen LogP contribution >= 0.6 is 0 Å². The summed E-state index contributed by atoms with van der Waals surface area (Å²) in [5, 5.41) is 0. The second-order valence-corrected chi connectivity index (χ2v) is 10.00. The van der Waals surface area contributed by atoms with Gasteiger partial charge in [-0.2, -0.15) is 0 Å². The first kappa shape index (κ1) is 36.6. The highest BCUT2D eigenvalue weighted by Gasteiger charge is 2.15. The van der Waals surface area contributed by atoms with Gasteiger partial charge in [-0.15, -0.1) is 0 Å². The van der Waals surface area contributed by atoms with Crippen LogP contribution in [0.1, 0.15) is 29.6 Å². The highest BCUT2D eigenvalue weighted by Crippen LogP contribution is 2.24. The molecule has 0 spiro atoms. The lowest BCUT2D eigenvalue weighted by atomic mass is 10.0. The number of benzene rings is 3. The van der Waals surface area contributed by atoms with E-state index in [1.807, 2.05) is 12.1 Å². The molecule has 0 amide bonds. The minimum atomic E-state index is -0.690. The summed E-state index contributed by atoms with van der Waals surface area (Å²) in [7, 11) is 2.45. The maximum absolute atomic E-state index is 12.7. The molecule has 12 nitrogen and oxygen atoms in total. The Morgan fingerprint density at radius 3 is 1.50 bits per heavy atom. The maximum Gasteiger partial charge on any atom is 0.343 e. The molecule has 3 aromatic carbocycles. The Morgan fingerprint density at radius 1 is 0.542 bits per heavy atom. The van der Waals surface area contributed by atoms with Gasteiger partial charge in [-0.1, -0.05) is 37.4 Å². The third-order valence-electron chi connectivity index (χ3n) is 6.47. The largest absolute Gasteiger partial charge is 0.493 e. The summed E-state index contributed by atoms with van der Waals surface area (Å²) >= 11 is 0. The zero-order valence-corrected chi connectivity index (χ0v) is 26.7. The van der Waals surface area contributed by atoms with Crippen LogP contribution < -0.4 is 14.2 Å². The van der Waals surface area contributed by atoms with Crippen LogP contribution in [0.4, 0.5) is 0 Å². The molecule has 3 aromatic rings. The van der Waals surface area contributed by atoms with Crippen LogP contribution in [0.2, 0.25) is 0 Å². The average molecular weight is 661 g/mol. The van der Waals surface area contributed by atoms with Gasteiger partial charge >= 0.3 is 29.8 Å². The Morgan fingerprint density at radius 2 is 0.979 bits per heavy atom. The summed E-state index contributed by atoms with van der Waals surface area (Å²) in [5.41, 5.74) is 2.15. The molecule has 12 heteroatoms. The van der Waals surface area contributed by atoms with E-state index < -0.39 is 29.8 Å². The molecule has 0 atom stereocenters. The van der Waals surface area contributed by atoms with Gasteiger partial charge in [0.05, 0.1) is 45.8 Å². The minimum Gasteiger partial charge on any atom is -0.493 e. The smallest absolute Gasteiger partial charge is 0.343 e. The molecule has 0 N–H and O–H groups in total. The van der Waals surface area contributed by atoms with Crippen LogP contribution in [-0.4, -0.2) is 70.5 Å². The molecule has 0 unspecified atom stereocenters. The van der Waals surface area contributed by atoms with Crippen molar-refractivity contribution >= 4 is 29.8 Å². The minimum absolute atomic E-state index is 0.00123. The van der Waals surface area contributed by atoms with Crippen molar-refractivity contribution in [3.63, 3.8) is 0 Å². The number of carbonyl (C=O) groups excluding carboxylic acids is 5. The Bertz CT molecular complexity index is 1590. The molecule has 48 heavy (non-hydrogen) atoms. The Labute approximate surface area is 277 Å². The van der Waals surface area contributed by atoms with Crippen LogP contribution in [0.3, 0.4) is 0 Å². The summed E-state index contributed by atoms with van der Waals surface area (Å²) in [4.78, 5) is 58.7.